The summed E-state index contributed by atoms with van der Waals surface area (Å²) < 4.78 is 14.4. The normalized spacial score (nSPS) is 26.4. The van der Waals surface area contributed by atoms with Crippen LogP contribution in [0.1, 0.15) is 23.6 Å². The van der Waals surface area contributed by atoms with Gasteiger partial charge in [-0.15, -0.1) is 0 Å². The second kappa shape index (κ2) is 7.99. The van der Waals surface area contributed by atoms with Crippen LogP contribution in [-0.4, -0.2) is 28.9 Å². The number of halogens is 1. The third-order valence-electron chi connectivity index (χ3n) is 7.67. The molecule has 0 radical (unpaired) electrons. The molecule has 36 heavy (non-hydrogen) atoms. The lowest BCUT2D eigenvalue weighted by molar-refractivity contribution is -0.130. The number of nitrogens with zero attached hydrogens (tertiary/aromatic N) is 1. The highest BCUT2D eigenvalue weighted by Crippen LogP contribution is 2.54. The molecule has 0 aromatic heterocycles. The molecule has 4 unspecified atom stereocenters. The minimum absolute atomic E-state index is 0.112. The van der Waals surface area contributed by atoms with E-state index >= 15 is 0 Å². The minimum Gasteiger partial charge on any atom is -0.508 e. The van der Waals surface area contributed by atoms with Crippen molar-refractivity contribution in [1.82, 2.24) is 5.32 Å². The molecule has 2 fully saturated rings. The summed E-state index contributed by atoms with van der Waals surface area (Å²) in [6.45, 7) is 2.02. The van der Waals surface area contributed by atoms with E-state index in [1.165, 1.54) is 23.1 Å². The lowest BCUT2D eigenvalue weighted by atomic mass is 9.76. The number of aryl methyl sites for hydroxylation is 1. The van der Waals surface area contributed by atoms with Crippen molar-refractivity contribution in [2.24, 2.45) is 11.8 Å². The number of aromatic hydroxyl groups is 1. The standard InChI is InChI=1S/C28H24FN3O4/c1-2-15-3-8-18(9-4-15)32-25(34)23-22(13-16-5-10-19(33)11-6-16)31-28(24(23)26(32)35)20-14-17(29)7-12-21(20)30-27(28)36/h3-12,14,22-24,31,33H,2,13H2,1H3,(H,30,36). The average Bonchev–Trinajstić information content (AvgIpc) is 3.45. The maximum absolute atomic E-state index is 14.4. The van der Waals surface area contributed by atoms with Gasteiger partial charge < -0.3 is 10.4 Å². The Hall–Kier alpha value is -4.04. The summed E-state index contributed by atoms with van der Waals surface area (Å²) in [5.41, 5.74) is 1.53. The summed E-state index contributed by atoms with van der Waals surface area (Å²) in [6.07, 6.45) is 1.15. The molecule has 0 aliphatic carbocycles. The molecule has 8 heteroatoms. The van der Waals surface area contributed by atoms with Crippen molar-refractivity contribution in [3.63, 3.8) is 0 Å². The van der Waals surface area contributed by atoms with E-state index in [0.29, 0.717) is 23.4 Å². The smallest absolute Gasteiger partial charge is 0.250 e. The quantitative estimate of drug-likeness (QED) is 0.493. The number of hydrogen-bond donors (Lipinski definition) is 3. The largest absolute Gasteiger partial charge is 0.508 e. The Balaban J connectivity index is 1.48. The van der Waals surface area contributed by atoms with Crippen LogP contribution in [0.5, 0.6) is 5.75 Å². The van der Waals surface area contributed by atoms with Crippen molar-refractivity contribution < 1.29 is 23.9 Å². The molecule has 0 saturated carbocycles. The molecule has 3 N–H and O–H groups in total. The lowest BCUT2D eigenvalue weighted by Gasteiger charge is -2.29. The zero-order valence-corrected chi connectivity index (χ0v) is 19.5. The maximum Gasteiger partial charge on any atom is 0.250 e. The van der Waals surface area contributed by atoms with Crippen LogP contribution in [0, 0.1) is 17.7 Å². The van der Waals surface area contributed by atoms with Crippen molar-refractivity contribution in [1.29, 1.82) is 0 Å². The fourth-order valence-electron chi connectivity index (χ4n) is 5.97. The van der Waals surface area contributed by atoms with Crippen molar-refractivity contribution in [3.05, 3.63) is 89.2 Å². The third-order valence-corrected chi connectivity index (χ3v) is 7.67. The fraction of sp³-hybridized carbons (Fsp3) is 0.250. The molecule has 6 rings (SSSR count). The van der Waals surface area contributed by atoms with Gasteiger partial charge in [0.05, 0.1) is 17.5 Å². The van der Waals surface area contributed by atoms with Gasteiger partial charge in [-0.3, -0.25) is 19.7 Å². The number of carbonyl (C=O) groups excluding carboxylic acids is 3. The second-order valence-electron chi connectivity index (χ2n) is 9.61. The van der Waals surface area contributed by atoms with E-state index in [0.717, 1.165) is 17.5 Å². The number of rotatable bonds is 4. The second-order valence-corrected chi connectivity index (χ2v) is 9.61. The summed E-state index contributed by atoms with van der Waals surface area (Å²) in [5, 5.41) is 15.8. The van der Waals surface area contributed by atoms with Crippen LogP contribution in [0.15, 0.2) is 66.7 Å². The number of carbonyl (C=O) groups is 3. The highest BCUT2D eigenvalue weighted by Gasteiger charge is 2.70. The first-order valence-electron chi connectivity index (χ1n) is 12.0. The Morgan fingerprint density at radius 2 is 1.64 bits per heavy atom. The van der Waals surface area contributed by atoms with Gasteiger partial charge in [-0.25, -0.2) is 9.29 Å². The zero-order chi connectivity index (χ0) is 25.2. The minimum atomic E-state index is -1.57. The molecule has 182 valence electrons. The zero-order valence-electron chi connectivity index (χ0n) is 19.5. The van der Waals surface area contributed by atoms with Crippen molar-refractivity contribution >= 4 is 29.1 Å². The van der Waals surface area contributed by atoms with Crippen LogP contribution >= 0.6 is 0 Å². The molecule has 3 aliphatic heterocycles. The number of amides is 3. The van der Waals surface area contributed by atoms with Gasteiger partial charge in [-0.1, -0.05) is 31.2 Å². The summed E-state index contributed by atoms with van der Waals surface area (Å²) >= 11 is 0. The first-order valence-corrected chi connectivity index (χ1v) is 12.0. The number of fused-ring (bicyclic) bond motifs is 4. The molecule has 3 aliphatic rings. The lowest BCUT2D eigenvalue weighted by Crippen LogP contribution is -2.53. The fourth-order valence-corrected chi connectivity index (χ4v) is 5.97. The van der Waals surface area contributed by atoms with Gasteiger partial charge in [0, 0.05) is 17.3 Å². The number of benzene rings is 3. The average molecular weight is 486 g/mol. The molecule has 3 heterocycles. The SMILES string of the molecule is CCc1ccc(N2C(=O)C3C(Cc4ccc(O)cc4)NC4(C(=O)Nc5ccc(F)cc54)C3C2=O)cc1. The van der Waals surface area contributed by atoms with Crippen LogP contribution < -0.4 is 15.5 Å². The Labute approximate surface area is 206 Å². The maximum atomic E-state index is 14.4. The van der Waals surface area contributed by atoms with Gasteiger partial charge in [-0.2, -0.15) is 0 Å². The highest BCUT2D eigenvalue weighted by atomic mass is 19.1. The molecule has 2 saturated heterocycles. The Morgan fingerprint density at radius 3 is 2.33 bits per heavy atom. The van der Waals surface area contributed by atoms with E-state index in [1.54, 1.807) is 36.4 Å². The van der Waals surface area contributed by atoms with Gasteiger partial charge in [0.25, 0.3) is 0 Å². The number of phenolic OH excluding ortho intramolecular Hbond substituents is 1. The third kappa shape index (κ3) is 3.10. The molecule has 3 aromatic rings. The van der Waals surface area contributed by atoms with Crippen LogP contribution in [0.4, 0.5) is 15.8 Å². The number of imide groups is 1. The van der Waals surface area contributed by atoms with Gasteiger partial charge in [0.2, 0.25) is 17.7 Å². The molecule has 4 atom stereocenters. The molecular weight excluding hydrogens is 461 g/mol. The van der Waals surface area contributed by atoms with E-state index in [-0.39, 0.29) is 11.7 Å². The number of anilines is 2. The molecule has 3 aromatic carbocycles. The predicted molar refractivity (Wildman–Crippen MR) is 131 cm³/mol. The van der Waals surface area contributed by atoms with E-state index in [4.69, 9.17) is 0 Å². The molecule has 0 bridgehead atoms. The van der Waals surface area contributed by atoms with Crippen molar-refractivity contribution in [2.75, 3.05) is 10.2 Å². The molecule has 1 spiro atoms. The van der Waals surface area contributed by atoms with Gasteiger partial charge in [-0.05, 0) is 66.4 Å². The monoisotopic (exact) mass is 485 g/mol. The number of phenols is 1. The van der Waals surface area contributed by atoms with Crippen molar-refractivity contribution in [2.45, 2.75) is 31.3 Å². The first-order chi connectivity index (χ1) is 17.3. The van der Waals surface area contributed by atoms with E-state index < -0.39 is 41.0 Å². The summed E-state index contributed by atoms with van der Waals surface area (Å²) in [7, 11) is 0. The summed E-state index contributed by atoms with van der Waals surface area (Å²) in [6, 6.07) is 17.2. The van der Waals surface area contributed by atoms with Gasteiger partial charge in [0.15, 0.2) is 0 Å². The molecule has 3 amide bonds. The first kappa shape index (κ1) is 22.4. The topological polar surface area (TPSA) is 98.7 Å². The highest BCUT2D eigenvalue weighted by molar-refractivity contribution is 6.25. The molecule has 7 nitrogen and oxygen atoms in total. The van der Waals surface area contributed by atoms with E-state index in [2.05, 4.69) is 10.6 Å². The van der Waals surface area contributed by atoms with E-state index in [1.807, 2.05) is 19.1 Å². The number of hydrogen-bond acceptors (Lipinski definition) is 5. The Bertz CT molecular complexity index is 1410. The Morgan fingerprint density at radius 1 is 0.944 bits per heavy atom. The predicted octanol–water partition coefficient (Wildman–Crippen LogP) is 3.26. The number of nitrogens with one attached hydrogen (secondary N) is 2. The van der Waals surface area contributed by atoms with Gasteiger partial charge >= 0.3 is 0 Å². The van der Waals surface area contributed by atoms with E-state index in [9.17, 15) is 23.9 Å². The Kier molecular flexibility index (Phi) is 4.98. The summed E-state index contributed by atoms with van der Waals surface area (Å²) in [4.78, 5) is 42.5. The van der Waals surface area contributed by atoms with Gasteiger partial charge in [0.1, 0.15) is 17.1 Å². The molecular formula is C28H24FN3O4. The van der Waals surface area contributed by atoms with Crippen molar-refractivity contribution in [3.8, 4) is 5.75 Å². The summed E-state index contributed by atoms with van der Waals surface area (Å²) in [5.74, 6) is -3.65. The van der Waals surface area contributed by atoms with Crippen LogP contribution in [0.3, 0.4) is 0 Å². The van der Waals surface area contributed by atoms with Crippen LogP contribution in [0.25, 0.3) is 0 Å². The van der Waals surface area contributed by atoms with Crippen LogP contribution in [0.2, 0.25) is 0 Å². The van der Waals surface area contributed by atoms with Crippen LogP contribution in [-0.2, 0) is 32.8 Å².